The number of hydrogen-bond acceptors (Lipinski definition) is 5. The number of morpholine rings is 1. The van der Waals surface area contributed by atoms with Crippen molar-refractivity contribution in [3.8, 4) is 0 Å². The minimum atomic E-state index is -0.683. The quantitative estimate of drug-likeness (QED) is 0.530. The van der Waals surface area contributed by atoms with Crippen LogP contribution in [0.3, 0.4) is 0 Å². The first-order valence-corrected chi connectivity index (χ1v) is 11.4. The van der Waals surface area contributed by atoms with Crippen molar-refractivity contribution in [3.05, 3.63) is 79.9 Å². The van der Waals surface area contributed by atoms with E-state index in [1.165, 1.54) is 12.1 Å². The lowest BCUT2D eigenvalue weighted by Gasteiger charge is -2.29. The van der Waals surface area contributed by atoms with Gasteiger partial charge in [-0.15, -0.1) is 0 Å². The first-order valence-electron chi connectivity index (χ1n) is 10.7. The van der Waals surface area contributed by atoms with Crippen molar-refractivity contribution in [2.75, 3.05) is 39.4 Å². The third kappa shape index (κ3) is 3.87. The lowest BCUT2D eigenvalue weighted by molar-refractivity contribution is 0.0353. The fourth-order valence-electron chi connectivity index (χ4n) is 4.54. The zero-order valence-corrected chi connectivity index (χ0v) is 18.9. The third-order valence-electron chi connectivity index (χ3n) is 6.07. The fraction of sp³-hybridized carbons (Fsp3) is 0.333. The van der Waals surface area contributed by atoms with Gasteiger partial charge < -0.3 is 14.1 Å². The van der Waals surface area contributed by atoms with Crippen LogP contribution >= 0.6 is 15.9 Å². The maximum absolute atomic E-state index is 14.1. The summed E-state index contributed by atoms with van der Waals surface area (Å²) in [5.41, 5.74) is 0.932. The number of carbonyl (C=O) groups is 1. The predicted octanol–water partition coefficient (Wildman–Crippen LogP) is 3.96. The minimum absolute atomic E-state index is 0.0467. The molecule has 1 atom stereocenters. The van der Waals surface area contributed by atoms with Crippen LogP contribution in [0.5, 0.6) is 0 Å². The Balaban J connectivity index is 1.54. The molecule has 5 rings (SSSR count). The van der Waals surface area contributed by atoms with Crippen LogP contribution in [-0.4, -0.2) is 55.1 Å². The zero-order chi connectivity index (χ0) is 22.2. The van der Waals surface area contributed by atoms with E-state index in [-0.39, 0.29) is 22.7 Å². The van der Waals surface area contributed by atoms with E-state index in [0.29, 0.717) is 36.3 Å². The summed E-state index contributed by atoms with van der Waals surface area (Å²) in [5.74, 6) is -0.701. The number of hydrogen-bond donors (Lipinski definition) is 0. The second kappa shape index (κ2) is 8.77. The molecule has 1 aromatic heterocycles. The van der Waals surface area contributed by atoms with Gasteiger partial charge in [0, 0.05) is 30.7 Å². The van der Waals surface area contributed by atoms with Crippen molar-refractivity contribution in [1.29, 1.82) is 0 Å². The van der Waals surface area contributed by atoms with Gasteiger partial charge in [0.25, 0.3) is 5.91 Å². The van der Waals surface area contributed by atoms with Crippen molar-refractivity contribution in [1.82, 2.24) is 9.80 Å². The van der Waals surface area contributed by atoms with Gasteiger partial charge in [-0.2, -0.15) is 0 Å². The number of amides is 1. The molecule has 2 aliphatic rings. The van der Waals surface area contributed by atoms with E-state index in [0.717, 1.165) is 30.5 Å². The van der Waals surface area contributed by atoms with Gasteiger partial charge in [0.2, 0.25) is 5.76 Å². The number of carbonyl (C=O) groups excluding carboxylic acids is 1. The predicted molar refractivity (Wildman–Crippen MR) is 121 cm³/mol. The molecule has 0 spiro atoms. The SMILES string of the molecule is O=C1c2oc3ccc(Br)cc3c(=O)c2[C@H](c2cccc(F)c2)N1CCCN1CCOCC1. The molecule has 1 fully saturated rings. The number of halogens is 2. The molecule has 0 bridgehead atoms. The Hall–Kier alpha value is -2.55. The Labute approximate surface area is 192 Å². The van der Waals surface area contributed by atoms with Crippen molar-refractivity contribution in [2.45, 2.75) is 12.5 Å². The molecular formula is C24H22BrFN2O4. The van der Waals surface area contributed by atoms with Gasteiger partial charge in [0.15, 0.2) is 5.43 Å². The summed E-state index contributed by atoms with van der Waals surface area (Å²) in [7, 11) is 0. The molecule has 0 N–H and O–H groups in total. The molecule has 2 aliphatic heterocycles. The number of ether oxygens (including phenoxy) is 1. The van der Waals surface area contributed by atoms with E-state index in [2.05, 4.69) is 20.8 Å². The molecule has 0 unspecified atom stereocenters. The van der Waals surface area contributed by atoms with E-state index in [4.69, 9.17) is 9.15 Å². The summed E-state index contributed by atoms with van der Waals surface area (Å²) in [6, 6.07) is 10.5. The molecule has 0 aliphatic carbocycles. The number of rotatable bonds is 5. The molecule has 1 amide bonds. The average Bonchev–Trinajstić information content (AvgIpc) is 3.07. The van der Waals surface area contributed by atoms with Crippen LogP contribution in [0, 0.1) is 5.82 Å². The molecule has 8 heteroatoms. The number of fused-ring (bicyclic) bond motifs is 2. The normalized spacial score (nSPS) is 19.0. The summed E-state index contributed by atoms with van der Waals surface area (Å²) < 4.78 is 26.2. The van der Waals surface area contributed by atoms with E-state index in [9.17, 15) is 14.0 Å². The molecule has 166 valence electrons. The molecule has 3 heterocycles. The summed E-state index contributed by atoms with van der Waals surface area (Å²) in [4.78, 5) is 30.8. The van der Waals surface area contributed by atoms with Gasteiger partial charge >= 0.3 is 0 Å². The number of benzene rings is 2. The third-order valence-corrected chi connectivity index (χ3v) is 6.56. The Morgan fingerprint density at radius 1 is 1.06 bits per heavy atom. The summed E-state index contributed by atoms with van der Waals surface area (Å²) in [6.07, 6.45) is 0.727. The highest BCUT2D eigenvalue weighted by molar-refractivity contribution is 9.10. The Bertz CT molecular complexity index is 1240. The number of nitrogens with zero attached hydrogens (tertiary/aromatic N) is 2. The van der Waals surface area contributed by atoms with E-state index in [1.807, 2.05) is 0 Å². The van der Waals surface area contributed by atoms with Gasteiger partial charge in [-0.05, 0) is 42.3 Å². The van der Waals surface area contributed by atoms with Gasteiger partial charge in [-0.25, -0.2) is 4.39 Å². The van der Waals surface area contributed by atoms with E-state index >= 15 is 0 Å². The first-order chi connectivity index (χ1) is 15.5. The van der Waals surface area contributed by atoms with Gasteiger partial charge in [0.1, 0.15) is 11.4 Å². The van der Waals surface area contributed by atoms with Crippen LogP contribution in [0.15, 0.2) is 56.1 Å². The van der Waals surface area contributed by atoms with Crippen LogP contribution in [0.2, 0.25) is 0 Å². The Kier molecular flexibility index (Phi) is 5.84. The monoisotopic (exact) mass is 500 g/mol. The highest BCUT2D eigenvalue weighted by Gasteiger charge is 2.42. The first kappa shape index (κ1) is 21.3. The Morgan fingerprint density at radius 3 is 2.66 bits per heavy atom. The van der Waals surface area contributed by atoms with Gasteiger partial charge in [-0.3, -0.25) is 14.5 Å². The van der Waals surface area contributed by atoms with Crippen LogP contribution in [0.4, 0.5) is 4.39 Å². The van der Waals surface area contributed by atoms with E-state index < -0.39 is 11.9 Å². The fourth-order valence-corrected chi connectivity index (χ4v) is 4.90. The van der Waals surface area contributed by atoms with Crippen LogP contribution in [0.1, 0.15) is 34.1 Å². The average molecular weight is 501 g/mol. The van der Waals surface area contributed by atoms with E-state index in [1.54, 1.807) is 35.2 Å². The summed E-state index contributed by atoms with van der Waals surface area (Å²) in [5, 5.41) is 0.391. The standard InChI is InChI=1S/C24H22BrFN2O4/c25-16-5-6-19-18(14-16)22(29)20-21(15-3-1-4-17(26)13-15)28(24(30)23(20)32-19)8-2-7-27-9-11-31-12-10-27/h1,3-6,13-14,21H,2,7-12H2/t21-/m0/s1. The van der Waals surface area contributed by atoms with Crippen molar-refractivity contribution in [3.63, 3.8) is 0 Å². The minimum Gasteiger partial charge on any atom is -0.450 e. The van der Waals surface area contributed by atoms with Crippen molar-refractivity contribution >= 4 is 32.8 Å². The highest BCUT2D eigenvalue weighted by atomic mass is 79.9. The Morgan fingerprint density at radius 2 is 1.88 bits per heavy atom. The molecule has 2 aromatic carbocycles. The maximum atomic E-state index is 14.1. The van der Waals surface area contributed by atoms with Gasteiger partial charge in [-0.1, -0.05) is 28.1 Å². The van der Waals surface area contributed by atoms with Crippen LogP contribution in [0.25, 0.3) is 11.0 Å². The molecular weight excluding hydrogens is 479 g/mol. The molecule has 3 aromatic rings. The topological polar surface area (TPSA) is 63.0 Å². The molecule has 0 saturated carbocycles. The molecule has 0 radical (unpaired) electrons. The molecule has 6 nitrogen and oxygen atoms in total. The summed E-state index contributed by atoms with van der Waals surface area (Å²) >= 11 is 3.39. The lowest BCUT2D eigenvalue weighted by atomic mass is 9.98. The zero-order valence-electron chi connectivity index (χ0n) is 17.4. The summed E-state index contributed by atoms with van der Waals surface area (Å²) in [6.45, 7) is 4.39. The smallest absolute Gasteiger partial charge is 0.290 e. The molecule has 32 heavy (non-hydrogen) atoms. The van der Waals surface area contributed by atoms with Crippen LogP contribution in [-0.2, 0) is 4.74 Å². The highest BCUT2D eigenvalue weighted by Crippen LogP contribution is 2.38. The second-order valence-corrected chi connectivity index (χ2v) is 8.99. The molecule has 1 saturated heterocycles. The van der Waals surface area contributed by atoms with Crippen molar-refractivity contribution in [2.24, 2.45) is 0 Å². The van der Waals surface area contributed by atoms with Gasteiger partial charge in [0.05, 0.1) is 30.2 Å². The van der Waals surface area contributed by atoms with Crippen LogP contribution < -0.4 is 5.43 Å². The maximum Gasteiger partial charge on any atom is 0.290 e. The largest absolute Gasteiger partial charge is 0.450 e. The lowest BCUT2D eigenvalue weighted by Crippen LogP contribution is -2.38. The second-order valence-electron chi connectivity index (χ2n) is 8.08. The van der Waals surface area contributed by atoms with Crippen molar-refractivity contribution < 1.29 is 18.3 Å².